The van der Waals surface area contributed by atoms with E-state index in [1.807, 2.05) is 36.4 Å². The van der Waals surface area contributed by atoms with Crippen LogP contribution in [0.1, 0.15) is 28.8 Å². The lowest BCUT2D eigenvalue weighted by Crippen LogP contribution is -2.52. The lowest BCUT2D eigenvalue weighted by atomic mass is 10.0. The number of aromatic nitrogens is 2. The van der Waals surface area contributed by atoms with E-state index in [1.54, 1.807) is 24.1 Å². The predicted molar refractivity (Wildman–Crippen MR) is 108 cm³/mol. The number of urea groups is 1. The van der Waals surface area contributed by atoms with E-state index in [1.165, 1.54) is 0 Å². The zero-order chi connectivity index (χ0) is 20.2. The van der Waals surface area contributed by atoms with Crippen LogP contribution in [0.4, 0.5) is 4.79 Å². The second-order valence-electron chi connectivity index (χ2n) is 6.92. The van der Waals surface area contributed by atoms with Gasteiger partial charge in [0.25, 0.3) is 0 Å². The first-order valence-electron chi connectivity index (χ1n) is 9.34. The van der Waals surface area contributed by atoms with Crippen LogP contribution < -0.4 is 10.1 Å². The largest absolute Gasteiger partial charge is 0.496 e. The van der Waals surface area contributed by atoms with Crippen LogP contribution in [0.2, 0.25) is 5.02 Å². The Bertz CT molecular complexity index is 984. The highest BCUT2D eigenvalue weighted by atomic mass is 35.5. The molecule has 1 aromatic heterocycles. The maximum atomic E-state index is 12.3. The first-order valence-corrected chi connectivity index (χ1v) is 9.72. The van der Waals surface area contributed by atoms with Crippen molar-refractivity contribution >= 4 is 17.6 Å². The Labute approximate surface area is 173 Å². The Morgan fingerprint density at radius 2 is 2.00 bits per heavy atom. The number of rotatable bonds is 6. The second-order valence-corrected chi connectivity index (χ2v) is 7.36. The van der Waals surface area contributed by atoms with Gasteiger partial charge in [0.1, 0.15) is 5.75 Å². The number of hydrogen-bond acceptors (Lipinski definition) is 5. The molecular weight excluding hydrogens is 392 g/mol. The van der Waals surface area contributed by atoms with Gasteiger partial charge in [0.15, 0.2) is 5.82 Å². The maximum Gasteiger partial charge on any atom is 0.317 e. The predicted octanol–water partition coefficient (Wildman–Crippen LogP) is 3.63. The molecular formula is C21H21ClN4O3. The van der Waals surface area contributed by atoms with Crippen molar-refractivity contribution in [2.45, 2.75) is 18.9 Å². The average molecular weight is 413 g/mol. The zero-order valence-electron chi connectivity index (χ0n) is 16.0. The Hall–Kier alpha value is -3.06. The molecule has 0 atom stereocenters. The molecule has 29 heavy (non-hydrogen) atoms. The van der Waals surface area contributed by atoms with Gasteiger partial charge in [0, 0.05) is 36.6 Å². The summed E-state index contributed by atoms with van der Waals surface area (Å²) in [5.74, 6) is 2.04. The van der Waals surface area contributed by atoms with Crippen LogP contribution in [0, 0.1) is 0 Å². The molecule has 0 saturated carbocycles. The van der Waals surface area contributed by atoms with Crippen molar-refractivity contribution in [3.05, 3.63) is 76.4 Å². The molecule has 4 rings (SSSR count). The molecule has 0 unspecified atom stereocenters. The summed E-state index contributed by atoms with van der Waals surface area (Å²) in [6.07, 6.45) is 0.533. The minimum Gasteiger partial charge on any atom is -0.496 e. The minimum atomic E-state index is -0.107. The third kappa shape index (κ3) is 4.51. The van der Waals surface area contributed by atoms with E-state index in [4.69, 9.17) is 20.9 Å². The Kier molecular flexibility index (Phi) is 5.67. The van der Waals surface area contributed by atoms with E-state index in [-0.39, 0.29) is 11.9 Å². The van der Waals surface area contributed by atoms with Gasteiger partial charge in [-0.2, -0.15) is 4.98 Å². The number of ether oxygens (including phenoxy) is 1. The fourth-order valence-electron chi connectivity index (χ4n) is 3.22. The number of para-hydroxylation sites is 1. The molecule has 7 nitrogen and oxygen atoms in total. The first-order chi connectivity index (χ1) is 14.1. The van der Waals surface area contributed by atoms with E-state index in [0.717, 1.165) is 16.9 Å². The summed E-state index contributed by atoms with van der Waals surface area (Å²) in [6.45, 7) is 1.58. The van der Waals surface area contributed by atoms with Crippen LogP contribution in [-0.4, -0.2) is 41.3 Å². The van der Waals surface area contributed by atoms with Crippen LogP contribution in [0.15, 0.2) is 53.1 Å². The third-order valence-corrected chi connectivity index (χ3v) is 5.15. The van der Waals surface area contributed by atoms with E-state index in [9.17, 15) is 4.79 Å². The molecule has 0 bridgehead atoms. The van der Waals surface area contributed by atoms with Gasteiger partial charge in [-0.1, -0.05) is 47.1 Å². The summed E-state index contributed by atoms with van der Waals surface area (Å²) in [5.41, 5.74) is 2.00. The Balaban J connectivity index is 1.27. The zero-order valence-corrected chi connectivity index (χ0v) is 16.7. The summed E-state index contributed by atoms with van der Waals surface area (Å²) in [4.78, 5) is 18.5. The quantitative estimate of drug-likeness (QED) is 0.668. The summed E-state index contributed by atoms with van der Waals surface area (Å²) in [7, 11) is 1.64. The molecule has 2 amide bonds. The van der Waals surface area contributed by atoms with Crippen molar-refractivity contribution in [2.75, 3.05) is 20.2 Å². The Morgan fingerprint density at radius 3 is 2.76 bits per heavy atom. The van der Waals surface area contributed by atoms with Crippen molar-refractivity contribution in [3.8, 4) is 5.75 Å². The van der Waals surface area contributed by atoms with Crippen LogP contribution in [0.3, 0.4) is 0 Å². The number of amides is 2. The maximum absolute atomic E-state index is 12.3. The highest BCUT2D eigenvalue weighted by Gasteiger charge is 2.35. The van der Waals surface area contributed by atoms with Crippen LogP contribution >= 0.6 is 11.6 Å². The topological polar surface area (TPSA) is 80.5 Å². The monoisotopic (exact) mass is 412 g/mol. The van der Waals surface area contributed by atoms with Gasteiger partial charge in [0.2, 0.25) is 5.89 Å². The molecule has 1 aliphatic rings. The molecule has 0 spiro atoms. The second kappa shape index (κ2) is 8.53. The van der Waals surface area contributed by atoms with E-state index >= 15 is 0 Å². The molecule has 0 aliphatic carbocycles. The number of hydrogen-bond donors (Lipinski definition) is 1. The fraction of sp³-hybridized carbons (Fsp3) is 0.286. The molecule has 2 heterocycles. The first kappa shape index (κ1) is 19.3. The van der Waals surface area contributed by atoms with Crippen molar-refractivity contribution in [1.29, 1.82) is 0 Å². The van der Waals surface area contributed by atoms with Crippen molar-refractivity contribution in [3.63, 3.8) is 0 Å². The summed E-state index contributed by atoms with van der Waals surface area (Å²) >= 11 is 5.87. The van der Waals surface area contributed by atoms with Crippen molar-refractivity contribution < 1.29 is 14.1 Å². The molecule has 0 radical (unpaired) electrons. The number of nitrogens with one attached hydrogen (secondary N) is 1. The van der Waals surface area contributed by atoms with E-state index < -0.39 is 0 Å². The van der Waals surface area contributed by atoms with Gasteiger partial charge in [-0.3, -0.25) is 0 Å². The van der Waals surface area contributed by atoms with Crippen molar-refractivity contribution in [2.24, 2.45) is 0 Å². The van der Waals surface area contributed by atoms with Crippen LogP contribution in [-0.2, 0) is 13.0 Å². The summed E-state index contributed by atoms with van der Waals surface area (Å²) in [5, 5.41) is 7.65. The van der Waals surface area contributed by atoms with Gasteiger partial charge in [-0.05, 0) is 23.8 Å². The van der Waals surface area contributed by atoms with E-state index in [0.29, 0.717) is 42.8 Å². The number of nitrogens with zero attached hydrogens (tertiary/aromatic N) is 3. The van der Waals surface area contributed by atoms with Gasteiger partial charge in [0.05, 0.1) is 13.0 Å². The molecule has 8 heteroatoms. The highest BCUT2D eigenvalue weighted by Crippen LogP contribution is 2.27. The Morgan fingerprint density at radius 1 is 1.24 bits per heavy atom. The fourth-order valence-corrected chi connectivity index (χ4v) is 3.34. The van der Waals surface area contributed by atoms with Crippen molar-refractivity contribution in [1.82, 2.24) is 20.4 Å². The molecule has 1 saturated heterocycles. The van der Waals surface area contributed by atoms with Gasteiger partial charge in [-0.25, -0.2) is 4.79 Å². The lowest BCUT2D eigenvalue weighted by molar-refractivity contribution is 0.136. The smallest absolute Gasteiger partial charge is 0.317 e. The number of halogens is 1. The summed E-state index contributed by atoms with van der Waals surface area (Å²) in [6, 6.07) is 15.0. The van der Waals surface area contributed by atoms with Gasteiger partial charge >= 0.3 is 6.03 Å². The minimum absolute atomic E-state index is 0.0650. The lowest BCUT2D eigenvalue weighted by Gasteiger charge is -2.36. The number of carbonyl (C=O) groups excluding carboxylic acids is 1. The number of methoxy groups -OCH3 is 1. The van der Waals surface area contributed by atoms with Crippen LogP contribution in [0.5, 0.6) is 5.75 Å². The molecule has 150 valence electrons. The standard InChI is InChI=1S/C21H21ClN4O3/c1-28-18-5-3-2-4-15(18)10-19-24-20(29-25-19)16-12-26(13-16)21(27)23-11-14-6-8-17(22)9-7-14/h2-9,16H,10-13H2,1H3,(H,23,27). The van der Waals surface area contributed by atoms with Gasteiger partial charge in [-0.15, -0.1) is 0 Å². The highest BCUT2D eigenvalue weighted by molar-refractivity contribution is 6.30. The molecule has 1 aliphatic heterocycles. The van der Waals surface area contributed by atoms with E-state index in [2.05, 4.69) is 15.5 Å². The molecule has 1 fully saturated rings. The third-order valence-electron chi connectivity index (χ3n) is 4.90. The van der Waals surface area contributed by atoms with Gasteiger partial charge < -0.3 is 19.5 Å². The molecule has 2 aromatic carbocycles. The number of likely N-dealkylation sites (tertiary alicyclic amines) is 1. The molecule has 3 aromatic rings. The number of carbonyl (C=O) groups is 1. The normalized spacial score (nSPS) is 13.8. The van der Waals surface area contributed by atoms with Crippen LogP contribution in [0.25, 0.3) is 0 Å². The number of benzene rings is 2. The summed E-state index contributed by atoms with van der Waals surface area (Å²) < 4.78 is 10.8. The SMILES string of the molecule is COc1ccccc1Cc1noc(C2CN(C(=O)NCc3ccc(Cl)cc3)C2)n1. The molecule has 1 N–H and O–H groups in total. The average Bonchev–Trinajstić information content (AvgIpc) is 3.15.